The predicted octanol–water partition coefficient (Wildman–Crippen LogP) is 2.98. The third-order valence-electron chi connectivity index (χ3n) is 3.58. The number of amides is 1. The van der Waals surface area contributed by atoms with E-state index in [9.17, 15) is 4.79 Å². The molecule has 1 aromatic carbocycles. The molecule has 25 heavy (non-hydrogen) atoms. The second kappa shape index (κ2) is 6.33. The van der Waals surface area contributed by atoms with Gasteiger partial charge in [0.05, 0.1) is 11.9 Å². The second-order valence-corrected chi connectivity index (χ2v) is 6.25. The van der Waals surface area contributed by atoms with Crippen LogP contribution in [0.25, 0.3) is 16.3 Å². The predicted molar refractivity (Wildman–Crippen MR) is 95.8 cm³/mol. The normalized spacial score (nSPS) is 10.8. The summed E-state index contributed by atoms with van der Waals surface area (Å²) >= 11 is 1.42. The summed E-state index contributed by atoms with van der Waals surface area (Å²) in [7, 11) is 1.84. The topological polar surface area (TPSA) is 77.6 Å². The number of benzene rings is 1. The van der Waals surface area contributed by atoms with Crippen molar-refractivity contribution in [3.05, 3.63) is 66.2 Å². The molecular weight excluding hydrogens is 336 g/mol. The number of aryl methyl sites for hydroxylation is 1. The number of thiazole rings is 1. The first-order valence-electron chi connectivity index (χ1n) is 7.55. The van der Waals surface area contributed by atoms with E-state index in [1.807, 2.05) is 49.8 Å². The van der Waals surface area contributed by atoms with Crippen LogP contribution in [0.15, 0.2) is 60.5 Å². The first-order valence-corrected chi connectivity index (χ1v) is 8.43. The van der Waals surface area contributed by atoms with Crippen molar-refractivity contribution in [2.24, 2.45) is 7.05 Å². The van der Waals surface area contributed by atoms with E-state index in [2.05, 4.69) is 20.5 Å². The van der Waals surface area contributed by atoms with Gasteiger partial charge in [0.1, 0.15) is 10.7 Å². The van der Waals surface area contributed by atoms with Gasteiger partial charge >= 0.3 is 0 Å². The Hall–Kier alpha value is -3.26. The Kier molecular flexibility index (Phi) is 3.87. The monoisotopic (exact) mass is 350 g/mol. The smallest absolute Gasteiger partial charge is 0.275 e. The SMILES string of the molecule is Cn1cc(-c2nc(C(=O)Nc3ccc(-n4cccn4)cc3)cs2)cn1. The fourth-order valence-electron chi connectivity index (χ4n) is 2.36. The van der Waals surface area contributed by atoms with E-state index in [1.54, 1.807) is 27.1 Å². The zero-order valence-corrected chi connectivity index (χ0v) is 14.1. The van der Waals surface area contributed by atoms with Gasteiger partial charge in [0, 0.05) is 42.3 Å². The summed E-state index contributed by atoms with van der Waals surface area (Å²) in [5.41, 5.74) is 2.92. The quantitative estimate of drug-likeness (QED) is 0.614. The molecule has 7 nitrogen and oxygen atoms in total. The van der Waals surface area contributed by atoms with Crippen LogP contribution in [0.2, 0.25) is 0 Å². The molecule has 0 aliphatic carbocycles. The van der Waals surface area contributed by atoms with Gasteiger partial charge in [0.15, 0.2) is 0 Å². The molecule has 8 heteroatoms. The van der Waals surface area contributed by atoms with E-state index in [0.29, 0.717) is 11.4 Å². The fraction of sp³-hybridized carbons (Fsp3) is 0.0588. The average molecular weight is 350 g/mol. The number of carbonyl (C=O) groups is 1. The van der Waals surface area contributed by atoms with Gasteiger partial charge in [-0.2, -0.15) is 10.2 Å². The minimum Gasteiger partial charge on any atom is -0.321 e. The van der Waals surface area contributed by atoms with Crippen LogP contribution in [-0.2, 0) is 7.05 Å². The molecule has 0 bridgehead atoms. The molecule has 4 rings (SSSR count). The summed E-state index contributed by atoms with van der Waals surface area (Å²) in [6.07, 6.45) is 7.18. The molecule has 0 radical (unpaired) electrons. The molecule has 0 unspecified atom stereocenters. The van der Waals surface area contributed by atoms with Crippen molar-refractivity contribution in [2.45, 2.75) is 0 Å². The molecule has 1 amide bonds. The van der Waals surface area contributed by atoms with Crippen LogP contribution >= 0.6 is 11.3 Å². The summed E-state index contributed by atoms with van der Waals surface area (Å²) in [6, 6.07) is 9.32. The molecular formula is C17H14N6OS. The largest absolute Gasteiger partial charge is 0.321 e. The second-order valence-electron chi connectivity index (χ2n) is 5.39. The number of rotatable bonds is 4. The third kappa shape index (κ3) is 3.20. The maximum atomic E-state index is 12.4. The molecule has 4 aromatic rings. The molecule has 0 fully saturated rings. The molecule has 3 aromatic heterocycles. The van der Waals surface area contributed by atoms with Crippen LogP contribution in [0.4, 0.5) is 5.69 Å². The van der Waals surface area contributed by atoms with Crippen molar-refractivity contribution in [1.82, 2.24) is 24.5 Å². The molecule has 0 saturated carbocycles. The van der Waals surface area contributed by atoms with Crippen LogP contribution in [0, 0.1) is 0 Å². The Balaban J connectivity index is 1.48. The van der Waals surface area contributed by atoms with Gasteiger partial charge in [-0.25, -0.2) is 9.67 Å². The van der Waals surface area contributed by atoms with Crippen molar-refractivity contribution in [2.75, 3.05) is 5.32 Å². The lowest BCUT2D eigenvalue weighted by Gasteiger charge is -2.05. The van der Waals surface area contributed by atoms with Gasteiger partial charge in [-0.15, -0.1) is 11.3 Å². The summed E-state index contributed by atoms with van der Waals surface area (Å²) in [5.74, 6) is -0.238. The van der Waals surface area contributed by atoms with Gasteiger partial charge in [-0.05, 0) is 30.3 Å². The lowest BCUT2D eigenvalue weighted by atomic mass is 10.2. The number of nitrogens with zero attached hydrogens (tertiary/aromatic N) is 5. The molecule has 0 aliphatic rings. The van der Waals surface area contributed by atoms with Gasteiger partial charge in [0.25, 0.3) is 5.91 Å². The zero-order valence-electron chi connectivity index (χ0n) is 13.3. The summed E-state index contributed by atoms with van der Waals surface area (Å²) in [6.45, 7) is 0. The van der Waals surface area contributed by atoms with Gasteiger partial charge in [-0.1, -0.05) is 0 Å². The highest BCUT2D eigenvalue weighted by molar-refractivity contribution is 7.13. The van der Waals surface area contributed by atoms with Crippen molar-refractivity contribution in [3.63, 3.8) is 0 Å². The van der Waals surface area contributed by atoms with E-state index in [1.165, 1.54) is 11.3 Å². The average Bonchev–Trinajstić information content (AvgIpc) is 3.36. The number of carbonyl (C=O) groups excluding carboxylic acids is 1. The minimum absolute atomic E-state index is 0.238. The Morgan fingerprint density at radius 2 is 2.04 bits per heavy atom. The standard InChI is InChI=1S/C17H14N6OS/c1-22-10-12(9-19-22)17-21-15(11-25-17)16(24)20-13-3-5-14(6-4-13)23-8-2-7-18-23/h2-11H,1H3,(H,20,24). The van der Waals surface area contributed by atoms with E-state index in [0.717, 1.165) is 16.3 Å². The van der Waals surface area contributed by atoms with Crippen molar-refractivity contribution in [1.29, 1.82) is 0 Å². The number of hydrogen-bond donors (Lipinski definition) is 1. The molecule has 1 N–H and O–H groups in total. The Morgan fingerprint density at radius 3 is 2.72 bits per heavy atom. The molecule has 0 saturated heterocycles. The fourth-order valence-corrected chi connectivity index (χ4v) is 3.13. The third-order valence-corrected chi connectivity index (χ3v) is 4.47. The lowest BCUT2D eigenvalue weighted by molar-refractivity contribution is 0.102. The first-order chi connectivity index (χ1) is 12.2. The highest BCUT2D eigenvalue weighted by Crippen LogP contribution is 2.23. The summed E-state index contributed by atoms with van der Waals surface area (Å²) in [5, 5.41) is 13.7. The molecule has 0 spiro atoms. The lowest BCUT2D eigenvalue weighted by Crippen LogP contribution is -2.12. The number of hydrogen-bond acceptors (Lipinski definition) is 5. The van der Waals surface area contributed by atoms with E-state index in [4.69, 9.17) is 0 Å². The molecule has 0 atom stereocenters. The van der Waals surface area contributed by atoms with Crippen LogP contribution in [0.3, 0.4) is 0 Å². The summed E-state index contributed by atoms with van der Waals surface area (Å²) < 4.78 is 3.46. The highest BCUT2D eigenvalue weighted by Gasteiger charge is 2.13. The van der Waals surface area contributed by atoms with E-state index >= 15 is 0 Å². The van der Waals surface area contributed by atoms with Gasteiger partial charge in [-0.3, -0.25) is 9.48 Å². The van der Waals surface area contributed by atoms with Crippen LogP contribution in [0.1, 0.15) is 10.5 Å². The Morgan fingerprint density at radius 1 is 1.20 bits per heavy atom. The van der Waals surface area contributed by atoms with Crippen molar-refractivity contribution < 1.29 is 4.79 Å². The Bertz CT molecular complexity index is 1000. The summed E-state index contributed by atoms with van der Waals surface area (Å²) in [4.78, 5) is 16.8. The number of anilines is 1. The Labute approximate surface area is 147 Å². The minimum atomic E-state index is -0.238. The van der Waals surface area contributed by atoms with Crippen molar-refractivity contribution >= 4 is 22.9 Å². The van der Waals surface area contributed by atoms with Crippen LogP contribution in [-0.4, -0.2) is 30.5 Å². The first kappa shape index (κ1) is 15.3. The van der Waals surface area contributed by atoms with Gasteiger partial charge < -0.3 is 5.32 Å². The van der Waals surface area contributed by atoms with Crippen molar-refractivity contribution in [3.8, 4) is 16.3 Å². The van der Waals surface area contributed by atoms with Crippen LogP contribution in [0.5, 0.6) is 0 Å². The maximum absolute atomic E-state index is 12.4. The van der Waals surface area contributed by atoms with E-state index < -0.39 is 0 Å². The molecule has 124 valence electrons. The number of nitrogens with one attached hydrogen (secondary N) is 1. The van der Waals surface area contributed by atoms with Gasteiger partial charge in [0.2, 0.25) is 0 Å². The van der Waals surface area contributed by atoms with E-state index in [-0.39, 0.29) is 5.91 Å². The number of aromatic nitrogens is 5. The maximum Gasteiger partial charge on any atom is 0.275 e. The zero-order chi connectivity index (χ0) is 17.2. The van der Waals surface area contributed by atoms with Crippen LogP contribution < -0.4 is 5.32 Å². The highest BCUT2D eigenvalue weighted by atomic mass is 32.1. The molecule has 0 aliphatic heterocycles. The molecule has 3 heterocycles.